The van der Waals surface area contributed by atoms with E-state index in [-0.39, 0.29) is 5.82 Å². The predicted octanol–water partition coefficient (Wildman–Crippen LogP) is 3.27. The second kappa shape index (κ2) is 6.09. The maximum absolute atomic E-state index is 13.4. The van der Waals surface area contributed by atoms with Crippen molar-refractivity contribution in [3.8, 4) is 0 Å². The molecule has 0 radical (unpaired) electrons. The highest BCUT2D eigenvalue weighted by Crippen LogP contribution is 2.21. The first-order valence-corrected chi connectivity index (χ1v) is 5.60. The molecule has 1 aromatic carbocycles. The van der Waals surface area contributed by atoms with Crippen molar-refractivity contribution in [3.05, 3.63) is 34.6 Å². The van der Waals surface area contributed by atoms with Gasteiger partial charge in [0, 0.05) is 10.6 Å². The number of hydrogen-bond donors (Lipinski definition) is 1. The van der Waals surface area contributed by atoms with Crippen LogP contribution in [0.5, 0.6) is 0 Å². The Morgan fingerprint density at radius 3 is 2.80 bits per heavy atom. The molecule has 1 atom stereocenters. The summed E-state index contributed by atoms with van der Waals surface area (Å²) in [6.07, 6.45) is 1.65. The number of rotatable bonds is 5. The second-order valence-electron chi connectivity index (χ2n) is 3.90. The molecule has 3 heteroatoms. The van der Waals surface area contributed by atoms with E-state index < -0.39 is 0 Å². The lowest BCUT2D eigenvalue weighted by atomic mass is 10.0. The fraction of sp³-hybridized carbons (Fsp3) is 0.500. The van der Waals surface area contributed by atoms with E-state index in [1.165, 1.54) is 6.07 Å². The van der Waals surface area contributed by atoms with Gasteiger partial charge in [0.1, 0.15) is 5.82 Å². The lowest BCUT2D eigenvalue weighted by Gasteiger charge is -2.11. The van der Waals surface area contributed by atoms with E-state index in [1.54, 1.807) is 12.1 Å². The molecule has 1 unspecified atom stereocenters. The van der Waals surface area contributed by atoms with Crippen LogP contribution in [0.25, 0.3) is 0 Å². The van der Waals surface area contributed by atoms with Crippen LogP contribution in [0.15, 0.2) is 18.2 Å². The van der Waals surface area contributed by atoms with Crippen molar-refractivity contribution in [1.29, 1.82) is 0 Å². The standard InChI is InChI=1S/C12H17ClFN/c1-9(8-15-2)6-7-10-11(13)4-3-5-12(10)14/h3-5,9,15H,6-8H2,1-2H3. The summed E-state index contributed by atoms with van der Waals surface area (Å²) >= 11 is 5.93. The molecule has 0 heterocycles. The molecule has 1 rings (SSSR count). The summed E-state index contributed by atoms with van der Waals surface area (Å²) in [4.78, 5) is 0. The molecule has 0 aliphatic carbocycles. The Morgan fingerprint density at radius 2 is 2.20 bits per heavy atom. The van der Waals surface area contributed by atoms with Crippen LogP contribution in [0, 0.1) is 11.7 Å². The monoisotopic (exact) mass is 229 g/mol. The first-order chi connectivity index (χ1) is 7.15. The van der Waals surface area contributed by atoms with Gasteiger partial charge in [0.05, 0.1) is 0 Å². The lowest BCUT2D eigenvalue weighted by Crippen LogP contribution is -2.16. The molecule has 0 aromatic heterocycles. The van der Waals surface area contributed by atoms with Crippen LogP contribution in [0.1, 0.15) is 18.9 Å². The van der Waals surface area contributed by atoms with E-state index in [2.05, 4.69) is 12.2 Å². The number of halogens is 2. The highest BCUT2D eigenvalue weighted by Gasteiger charge is 2.08. The zero-order valence-corrected chi connectivity index (χ0v) is 9.94. The van der Waals surface area contributed by atoms with E-state index in [0.717, 1.165) is 13.0 Å². The highest BCUT2D eigenvalue weighted by atomic mass is 35.5. The number of benzene rings is 1. The average Bonchev–Trinajstić information content (AvgIpc) is 2.17. The first-order valence-electron chi connectivity index (χ1n) is 5.22. The highest BCUT2D eigenvalue weighted by molar-refractivity contribution is 6.31. The van der Waals surface area contributed by atoms with Gasteiger partial charge in [0.2, 0.25) is 0 Å². The van der Waals surface area contributed by atoms with E-state index in [0.29, 0.717) is 22.9 Å². The third kappa shape index (κ3) is 3.80. The van der Waals surface area contributed by atoms with Gasteiger partial charge in [-0.2, -0.15) is 0 Å². The molecule has 0 fully saturated rings. The van der Waals surface area contributed by atoms with Crippen molar-refractivity contribution < 1.29 is 4.39 Å². The van der Waals surface area contributed by atoms with Crippen LogP contribution in [-0.2, 0) is 6.42 Å². The molecule has 0 amide bonds. The Kier molecular flexibility index (Phi) is 5.06. The minimum absolute atomic E-state index is 0.195. The van der Waals surface area contributed by atoms with E-state index in [4.69, 9.17) is 11.6 Å². The third-order valence-electron chi connectivity index (χ3n) is 2.50. The van der Waals surface area contributed by atoms with Gasteiger partial charge in [0.25, 0.3) is 0 Å². The topological polar surface area (TPSA) is 12.0 Å². The Bertz CT molecular complexity index is 294. The van der Waals surface area contributed by atoms with E-state index in [9.17, 15) is 4.39 Å². The predicted molar refractivity (Wildman–Crippen MR) is 62.8 cm³/mol. The molecule has 0 saturated carbocycles. The smallest absolute Gasteiger partial charge is 0.127 e. The van der Waals surface area contributed by atoms with Gasteiger partial charge in [-0.15, -0.1) is 0 Å². The van der Waals surface area contributed by atoms with Crippen molar-refractivity contribution >= 4 is 11.6 Å². The molecule has 1 N–H and O–H groups in total. The zero-order valence-electron chi connectivity index (χ0n) is 9.19. The van der Waals surface area contributed by atoms with Crippen LogP contribution in [0.2, 0.25) is 5.02 Å². The summed E-state index contributed by atoms with van der Waals surface area (Å²) in [7, 11) is 1.92. The first kappa shape index (κ1) is 12.5. The summed E-state index contributed by atoms with van der Waals surface area (Å²) < 4.78 is 13.4. The molecule has 0 saturated heterocycles. The van der Waals surface area contributed by atoms with Crippen molar-refractivity contribution in [3.63, 3.8) is 0 Å². The summed E-state index contributed by atoms with van der Waals surface area (Å²) in [5, 5.41) is 3.64. The summed E-state index contributed by atoms with van der Waals surface area (Å²) in [6, 6.07) is 4.84. The minimum Gasteiger partial charge on any atom is -0.319 e. The van der Waals surface area contributed by atoms with E-state index in [1.807, 2.05) is 7.05 Å². The number of hydrogen-bond acceptors (Lipinski definition) is 1. The van der Waals surface area contributed by atoms with Gasteiger partial charge in [-0.1, -0.05) is 24.6 Å². The SMILES string of the molecule is CNCC(C)CCc1c(F)cccc1Cl. The largest absolute Gasteiger partial charge is 0.319 e. The van der Waals surface area contributed by atoms with Gasteiger partial charge in [-0.25, -0.2) is 4.39 Å². The van der Waals surface area contributed by atoms with Gasteiger partial charge in [0.15, 0.2) is 0 Å². The van der Waals surface area contributed by atoms with Gasteiger partial charge < -0.3 is 5.32 Å². The van der Waals surface area contributed by atoms with Gasteiger partial charge in [-0.05, 0) is 44.5 Å². The van der Waals surface area contributed by atoms with Crippen molar-refractivity contribution in [1.82, 2.24) is 5.32 Å². The van der Waals surface area contributed by atoms with Crippen LogP contribution in [-0.4, -0.2) is 13.6 Å². The molecule has 1 nitrogen and oxygen atoms in total. The average molecular weight is 230 g/mol. The van der Waals surface area contributed by atoms with Gasteiger partial charge >= 0.3 is 0 Å². The normalized spacial score (nSPS) is 12.8. The van der Waals surface area contributed by atoms with E-state index >= 15 is 0 Å². The molecule has 84 valence electrons. The maximum atomic E-state index is 13.4. The fourth-order valence-corrected chi connectivity index (χ4v) is 1.87. The Hall–Kier alpha value is -0.600. The molecular weight excluding hydrogens is 213 g/mol. The third-order valence-corrected chi connectivity index (χ3v) is 2.86. The molecule has 0 aliphatic rings. The lowest BCUT2D eigenvalue weighted by molar-refractivity contribution is 0.496. The fourth-order valence-electron chi connectivity index (χ4n) is 1.61. The molecule has 0 bridgehead atoms. The molecule has 0 aliphatic heterocycles. The molecular formula is C12H17ClFN. The summed E-state index contributed by atoms with van der Waals surface area (Å²) in [5.41, 5.74) is 0.641. The Morgan fingerprint density at radius 1 is 1.47 bits per heavy atom. The van der Waals surface area contributed by atoms with Crippen molar-refractivity contribution in [2.45, 2.75) is 19.8 Å². The zero-order chi connectivity index (χ0) is 11.3. The van der Waals surface area contributed by atoms with Crippen LogP contribution >= 0.6 is 11.6 Å². The van der Waals surface area contributed by atoms with Crippen molar-refractivity contribution in [2.75, 3.05) is 13.6 Å². The van der Waals surface area contributed by atoms with Crippen LogP contribution in [0.3, 0.4) is 0 Å². The van der Waals surface area contributed by atoms with Gasteiger partial charge in [-0.3, -0.25) is 0 Å². The van der Waals surface area contributed by atoms with Crippen LogP contribution < -0.4 is 5.32 Å². The Labute approximate surface area is 95.6 Å². The Balaban J connectivity index is 2.57. The second-order valence-corrected chi connectivity index (χ2v) is 4.31. The summed E-state index contributed by atoms with van der Waals surface area (Å²) in [6.45, 7) is 3.09. The molecule has 1 aromatic rings. The van der Waals surface area contributed by atoms with Crippen LogP contribution in [0.4, 0.5) is 4.39 Å². The molecule has 15 heavy (non-hydrogen) atoms. The maximum Gasteiger partial charge on any atom is 0.127 e. The quantitative estimate of drug-likeness (QED) is 0.817. The number of nitrogens with one attached hydrogen (secondary N) is 1. The molecule has 0 spiro atoms. The minimum atomic E-state index is -0.195. The van der Waals surface area contributed by atoms with Crippen molar-refractivity contribution in [2.24, 2.45) is 5.92 Å². The summed E-state index contributed by atoms with van der Waals surface area (Å²) in [5.74, 6) is 0.338.